The highest BCUT2D eigenvalue weighted by atomic mass is 35.5. The first-order valence-corrected chi connectivity index (χ1v) is 8.55. The quantitative estimate of drug-likeness (QED) is 0.857. The molecule has 132 valence electrons. The highest BCUT2D eigenvalue weighted by molar-refractivity contribution is 6.30. The monoisotopic (exact) mass is 361 g/mol. The minimum atomic E-state index is -0.453. The maximum absolute atomic E-state index is 12.4. The molecule has 1 unspecified atom stereocenters. The van der Waals surface area contributed by atoms with Gasteiger partial charge < -0.3 is 20.4 Å². The second-order valence-corrected chi connectivity index (χ2v) is 6.53. The average Bonchev–Trinajstić information content (AvgIpc) is 3.11. The van der Waals surface area contributed by atoms with Crippen LogP contribution in [0, 0.1) is 0 Å². The molecule has 1 aromatic heterocycles. The van der Waals surface area contributed by atoms with Crippen molar-refractivity contribution in [3.8, 4) is 5.75 Å². The fourth-order valence-corrected chi connectivity index (χ4v) is 3.27. The number of ether oxygens (including phenoxy) is 1. The second-order valence-electron chi connectivity index (χ2n) is 6.09. The Balaban J connectivity index is 1.60. The highest BCUT2D eigenvalue weighted by Crippen LogP contribution is 2.28. The molecular formula is C18H20ClN3O3. The Morgan fingerprint density at radius 3 is 2.76 bits per heavy atom. The van der Waals surface area contributed by atoms with Crippen molar-refractivity contribution in [2.45, 2.75) is 18.8 Å². The van der Waals surface area contributed by atoms with E-state index in [9.17, 15) is 9.59 Å². The molecule has 1 fully saturated rings. The molecule has 2 aromatic rings. The molecule has 1 saturated heterocycles. The molecule has 1 aromatic carbocycles. The lowest BCUT2D eigenvalue weighted by Gasteiger charge is -2.32. The maximum atomic E-state index is 12.4. The van der Waals surface area contributed by atoms with E-state index in [1.807, 2.05) is 0 Å². The van der Waals surface area contributed by atoms with E-state index in [0.29, 0.717) is 29.4 Å². The van der Waals surface area contributed by atoms with Gasteiger partial charge in [-0.1, -0.05) is 11.6 Å². The SMILES string of the molecule is NC(=O)c1cc[nH]c1C1CCCN(C(=O)COc2ccc(Cl)cc2)C1. The predicted octanol–water partition coefficient (Wildman–Crippen LogP) is 2.55. The first-order chi connectivity index (χ1) is 12.0. The molecule has 0 saturated carbocycles. The molecule has 1 aliphatic rings. The van der Waals surface area contributed by atoms with Crippen LogP contribution in [0.2, 0.25) is 5.02 Å². The largest absolute Gasteiger partial charge is 0.484 e. The van der Waals surface area contributed by atoms with Crippen LogP contribution < -0.4 is 10.5 Å². The fourth-order valence-electron chi connectivity index (χ4n) is 3.14. The summed E-state index contributed by atoms with van der Waals surface area (Å²) >= 11 is 5.83. The lowest BCUT2D eigenvalue weighted by atomic mass is 9.92. The summed E-state index contributed by atoms with van der Waals surface area (Å²) < 4.78 is 5.53. The minimum Gasteiger partial charge on any atom is -0.484 e. The van der Waals surface area contributed by atoms with Gasteiger partial charge in [-0.05, 0) is 43.2 Å². The van der Waals surface area contributed by atoms with Crippen molar-refractivity contribution in [1.82, 2.24) is 9.88 Å². The summed E-state index contributed by atoms with van der Waals surface area (Å²) in [5.74, 6) is 0.148. The molecule has 3 N–H and O–H groups in total. The molecule has 25 heavy (non-hydrogen) atoms. The van der Waals surface area contributed by atoms with E-state index >= 15 is 0 Å². The van der Waals surface area contributed by atoms with Gasteiger partial charge in [-0.2, -0.15) is 0 Å². The number of primary amides is 1. The van der Waals surface area contributed by atoms with Crippen LogP contribution in [0.3, 0.4) is 0 Å². The van der Waals surface area contributed by atoms with Gasteiger partial charge in [0.2, 0.25) is 0 Å². The molecule has 6 nitrogen and oxygen atoms in total. The number of rotatable bonds is 5. The molecule has 0 radical (unpaired) electrons. The second kappa shape index (κ2) is 7.61. The molecule has 0 spiro atoms. The lowest BCUT2D eigenvalue weighted by Crippen LogP contribution is -2.42. The van der Waals surface area contributed by atoms with E-state index < -0.39 is 5.91 Å². The van der Waals surface area contributed by atoms with Gasteiger partial charge in [-0.15, -0.1) is 0 Å². The van der Waals surface area contributed by atoms with Gasteiger partial charge in [0.05, 0.1) is 5.56 Å². The summed E-state index contributed by atoms with van der Waals surface area (Å²) in [7, 11) is 0. The van der Waals surface area contributed by atoms with E-state index in [-0.39, 0.29) is 18.4 Å². The van der Waals surface area contributed by atoms with Gasteiger partial charge >= 0.3 is 0 Å². The van der Waals surface area contributed by atoms with Gasteiger partial charge in [0, 0.05) is 35.9 Å². The van der Waals surface area contributed by atoms with Crippen LogP contribution in [0.4, 0.5) is 0 Å². The highest BCUT2D eigenvalue weighted by Gasteiger charge is 2.28. The topological polar surface area (TPSA) is 88.4 Å². The van der Waals surface area contributed by atoms with Crippen molar-refractivity contribution in [3.05, 3.63) is 52.8 Å². The Morgan fingerprint density at radius 2 is 2.04 bits per heavy atom. The van der Waals surface area contributed by atoms with Crippen molar-refractivity contribution >= 4 is 23.4 Å². The Bertz CT molecular complexity index is 757. The molecule has 3 rings (SSSR count). The number of nitrogens with one attached hydrogen (secondary N) is 1. The average molecular weight is 362 g/mol. The molecule has 7 heteroatoms. The van der Waals surface area contributed by atoms with Crippen molar-refractivity contribution in [3.63, 3.8) is 0 Å². The van der Waals surface area contributed by atoms with Gasteiger partial charge in [0.15, 0.2) is 6.61 Å². The van der Waals surface area contributed by atoms with E-state index in [2.05, 4.69) is 4.98 Å². The summed E-state index contributed by atoms with van der Waals surface area (Å²) in [5.41, 5.74) is 6.72. The van der Waals surface area contributed by atoms with Crippen molar-refractivity contribution < 1.29 is 14.3 Å². The predicted molar refractivity (Wildman–Crippen MR) is 94.8 cm³/mol. The normalized spacial score (nSPS) is 17.3. The Hall–Kier alpha value is -2.47. The number of hydrogen-bond donors (Lipinski definition) is 2. The van der Waals surface area contributed by atoms with Crippen LogP contribution in [0.15, 0.2) is 36.5 Å². The summed E-state index contributed by atoms with van der Waals surface area (Å²) in [6.45, 7) is 1.21. The number of hydrogen-bond acceptors (Lipinski definition) is 3. The number of halogens is 1. The molecule has 0 bridgehead atoms. The minimum absolute atomic E-state index is 0.0260. The van der Waals surface area contributed by atoms with Gasteiger partial charge in [-0.3, -0.25) is 9.59 Å². The third-order valence-corrected chi connectivity index (χ3v) is 4.65. The summed E-state index contributed by atoms with van der Waals surface area (Å²) in [5, 5.41) is 0.619. The third-order valence-electron chi connectivity index (χ3n) is 4.40. The molecule has 2 heterocycles. The van der Waals surface area contributed by atoms with Crippen LogP contribution in [-0.4, -0.2) is 41.4 Å². The van der Waals surface area contributed by atoms with E-state index in [1.54, 1.807) is 41.4 Å². The van der Waals surface area contributed by atoms with Gasteiger partial charge in [0.1, 0.15) is 5.75 Å². The number of H-pyrrole nitrogens is 1. The summed E-state index contributed by atoms with van der Waals surface area (Å²) in [6, 6.07) is 8.57. The molecule has 1 aliphatic heterocycles. The van der Waals surface area contributed by atoms with Crippen LogP contribution >= 0.6 is 11.6 Å². The molecular weight excluding hydrogens is 342 g/mol. The Morgan fingerprint density at radius 1 is 1.28 bits per heavy atom. The number of carbonyl (C=O) groups excluding carboxylic acids is 2. The van der Waals surface area contributed by atoms with Gasteiger partial charge in [0.25, 0.3) is 11.8 Å². The van der Waals surface area contributed by atoms with Crippen LogP contribution in [0.25, 0.3) is 0 Å². The van der Waals surface area contributed by atoms with E-state index in [1.165, 1.54) is 0 Å². The zero-order valence-electron chi connectivity index (χ0n) is 13.7. The summed E-state index contributed by atoms with van der Waals surface area (Å²) in [4.78, 5) is 28.8. The van der Waals surface area contributed by atoms with Crippen molar-refractivity contribution in [2.75, 3.05) is 19.7 Å². The smallest absolute Gasteiger partial charge is 0.260 e. The number of piperidine rings is 1. The summed E-state index contributed by atoms with van der Waals surface area (Å²) in [6.07, 6.45) is 3.48. The molecule has 0 aliphatic carbocycles. The van der Waals surface area contributed by atoms with Crippen LogP contribution in [-0.2, 0) is 4.79 Å². The number of benzene rings is 1. The number of likely N-dealkylation sites (tertiary alicyclic amines) is 1. The Labute approximate surface area is 150 Å². The van der Waals surface area contributed by atoms with Crippen molar-refractivity contribution in [2.24, 2.45) is 5.73 Å². The number of aromatic nitrogens is 1. The number of nitrogens with zero attached hydrogens (tertiary/aromatic N) is 1. The molecule has 2 amide bonds. The van der Waals surface area contributed by atoms with E-state index in [0.717, 1.165) is 18.5 Å². The maximum Gasteiger partial charge on any atom is 0.260 e. The van der Waals surface area contributed by atoms with Crippen LogP contribution in [0.1, 0.15) is 34.8 Å². The van der Waals surface area contributed by atoms with Gasteiger partial charge in [-0.25, -0.2) is 0 Å². The number of aromatic amines is 1. The first kappa shape index (κ1) is 17.4. The third kappa shape index (κ3) is 4.14. The number of amides is 2. The Kier molecular flexibility index (Phi) is 5.28. The zero-order chi connectivity index (χ0) is 17.8. The van der Waals surface area contributed by atoms with E-state index in [4.69, 9.17) is 22.1 Å². The first-order valence-electron chi connectivity index (χ1n) is 8.18. The lowest BCUT2D eigenvalue weighted by molar-refractivity contribution is -0.134. The molecule has 1 atom stereocenters. The van der Waals surface area contributed by atoms with Crippen molar-refractivity contribution in [1.29, 1.82) is 0 Å². The van der Waals surface area contributed by atoms with Crippen LogP contribution in [0.5, 0.6) is 5.75 Å². The number of carbonyl (C=O) groups is 2. The standard InChI is InChI=1S/C18H20ClN3O3/c19-13-3-5-14(6-4-13)25-11-16(23)22-9-1-2-12(10-22)17-15(18(20)24)7-8-21-17/h3-8,12,21H,1-2,9-11H2,(H2,20,24). The zero-order valence-corrected chi connectivity index (χ0v) is 14.5. The fraction of sp³-hybridized carbons (Fsp3) is 0.333. The number of nitrogens with two attached hydrogens (primary N) is 1.